The molecule has 2 fully saturated rings. The van der Waals surface area contributed by atoms with Gasteiger partial charge in [-0.15, -0.1) is 0 Å². The monoisotopic (exact) mass is 469 g/mol. The van der Waals surface area contributed by atoms with Gasteiger partial charge >= 0.3 is 0 Å². The fourth-order valence-electron chi connectivity index (χ4n) is 4.55. The van der Waals surface area contributed by atoms with Gasteiger partial charge in [-0.05, 0) is 31.0 Å². The molecule has 0 radical (unpaired) electrons. The highest BCUT2D eigenvalue weighted by atomic mass is 32.2. The minimum Gasteiger partial charge on any atom is -0.352 e. The molecule has 3 aromatic rings. The lowest BCUT2D eigenvalue weighted by molar-refractivity contribution is 0.0746. The molecular formula is C22H27N7O3S. The van der Waals surface area contributed by atoms with Gasteiger partial charge in [-0.1, -0.05) is 12.5 Å². The third-order valence-corrected chi connectivity index (χ3v) is 8.30. The summed E-state index contributed by atoms with van der Waals surface area (Å²) in [5.74, 6) is 0.661. The van der Waals surface area contributed by atoms with Crippen LogP contribution >= 0.6 is 0 Å². The van der Waals surface area contributed by atoms with Crippen LogP contribution < -0.4 is 4.90 Å². The first kappa shape index (κ1) is 21.8. The largest absolute Gasteiger partial charge is 0.352 e. The summed E-state index contributed by atoms with van der Waals surface area (Å²) in [5, 5.41) is 5.15. The molecule has 4 heterocycles. The summed E-state index contributed by atoms with van der Waals surface area (Å²) in [6.07, 6.45) is 6.10. The summed E-state index contributed by atoms with van der Waals surface area (Å²) < 4.78 is 29.3. The fourth-order valence-corrected chi connectivity index (χ4v) is 6.11. The first-order valence-electron chi connectivity index (χ1n) is 11.2. The molecular weight excluding hydrogens is 442 g/mol. The van der Waals surface area contributed by atoms with Crippen LogP contribution in [0, 0.1) is 0 Å². The molecule has 2 aliphatic rings. The molecule has 10 nitrogen and oxygen atoms in total. The maximum atomic E-state index is 13.2. The van der Waals surface area contributed by atoms with E-state index in [1.165, 1.54) is 16.7 Å². The molecule has 0 unspecified atom stereocenters. The maximum Gasteiger partial charge on any atom is 0.254 e. The molecule has 174 valence electrons. The molecule has 0 bridgehead atoms. The normalized spacial score (nSPS) is 18.1. The summed E-state index contributed by atoms with van der Waals surface area (Å²) >= 11 is 0. The van der Waals surface area contributed by atoms with Gasteiger partial charge in [0, 0.05) is 51.9 Å². The number of amides is 1. The number of sulfonamides is 1. The van der Waals surface area contributed by atoms with Crippen LogP contribution in [0.5, 0.6) is 0 Å². The zero-order chi connectivity index (χ0) is 23.0. The average molecular weight is 470 g/mol. The van der Waals surface area contributed by atoms with Crippen LogP contribution in [0.4, 0.5) is 5.82 Å². The van der Waals surface area contributed by atoms with Crippen LogP contribution in [-0.4, -0.2) is 82.5 Å². The van der Waals surface area contributed by atoms with Crippen molar-refractivity contribution in [2.45, 2.75) is 24.2 Å². The summed E-state index contributed by atoms with van der Waals surface area (Å²) in [7, 11) is -1.74. The molecule has 2 saturated heterocycles. The first-order chi connectivity index (χ1) is 15.9. The summed E-state index contributed by atoms with van der Waals surface area (Å²) in [5.41, 5.74) is 1.17. The number of fused-ring (bicyclic) bond motifs is 1. The maximum absolute atomic E-state index is 13.2. The number of hydrogen-bond donors (Lipinski definition) is 0. The van der Waals surface area contributed by atoms with Crippen LogP contribution in [0.1, 0.15) is 29.6 Å². The van der Waals surface area contributed by atoms with E-state index in [9.17, 15) is 13.2 Å². The van der Waals surface area contributed by atoms with Gasteiger partial charge < -0.3 is 9.80 Å². The molecule has 1 aromatic carbocycles. The fraction of sp³-hybridized carbons (Fsp3) is 0.455. The summed E-state index contributed by atoms with van der Waals surface area (Å²) in [6, 6.07) is 6.43. The Labute approximate surface area is 192 Å². The Morgan fingerprint density at radius 3 is 2.48 bits per heavy atom. The highest BCUT2D eigenvalue weighted by Gasteiger charge is 2.28. The average Bonchev–Trinajstić information content (AvgIpc) is 3.25. The standard InChI is InChI=1S/C22H27N7O3S/c1-26-20-19(15-25-26)21(24-16-23-20)27-10-12-28(13-11-27)22(30)17-6-5-7-18(14-17)33(31,32)29-8-3-2-4-9-29/h5-7,14-16H,2-4,8-13H2,1H3. The number of carbonyl (C=O) groups excluding carboxylic acids is 1. The van der Waals surface area contributed by atoms with Gasteiger partial charge in [0.15, 0.2) is 5.65 Å². The Hall–Kier alpha value is -3.05. The van der Waals surface area contributed by atoms with Gasteiger partial charge in [0.2, 0.25) is 10.0 Å². The molecule has 0 spiro atoms. The van der Waals surface area contributed by atoms with Crippen LogP contribution in [-0.2, 0) is 17.1 Å². The van der Waals surface area contributed by atoms with Crippen molar-refractivity contribution in [3.05, 3.63) is 42.4 Å². The van der Waals surface area contributed by atoms with E-state index >= 15 is 0 Å². The van der Waals surface area contributed by atoms with E-state index in [0.29, 0.717) is 44.8 Å². The van der Waals surface area contributed by atoms with Crippen molar-refractivity contribution in [3.63, 3.8) is 0 Å². The molecule has 0 aliphatic carbocycles. The second kappa shape index (κ2) is 8.71. The minimum absolute atomic E-state index is 0.153. The Balaban J connectivity index is 1.30. The van der Waals surface area contributed by atoms with E-state index in [-0.39, 0.29) is 10.8 Å². The lowest BCUT2D eigenvalue weighted by Crippen LogP contribution is -2.49. The molecule has 2 aromatic heterocycles. The zero-order valence-corrected chi connectivity index (χ0v) is 19.4. The topological polar surface area (TPSA) is 105 Å². The molecule has 2 aliphatic heterocycles. The Bertz CT molecular complexity index is 1280. The van der Waals surface area contributed by atoms with Gasteiger partial charge in [0.1, 0.15) is 12.1 Å². The molecule has 0 atom stereocenters. The molecule has 33 heavy (non-hydrogen) atoms. The van der Waals surface area contributed by atoms with Gasteiger partial charge in [0.05, 0.1) is 16.5 Å². The predicted octanol–water partition coefficient (Wildman–Crippen LogP) is 1.50. The van der Waals surface area contributed by atoms with E-state index in [2.05, 4.69) is 20.0 Å². The Morgan fingerprint density at radius 2 is 1.73 bits per heavy atom. The third-order valence-electron chi connectivity index (χ3n) is 6.41. The molecule has 0 N–H and O–H groups in total. The number of aryl methyl sites for hydroxylation is 1. The number of piperazine rings is 1. The van der Waals surface area contributed by atoms with Crippen molar-refractivity contribution in [1.29, 1.82) is 0 Å². The lowest BCUT2D eigenvalue weighted by atomic mass is 10.2. The van der Waals surface area contributed by atoms with Crippen LogP contribution in [0.3, 0.4) is 0 Å². The quantitative estimate of drug-likeness (QED) is 0.570. The first-order valence-corrected chi connectivity index (χ1v) is 12.7. The number of carbonyl (C=O) groups is 1. The minimum atomic E-state index is -3.58. The third kappa shape index (κ3) is 4.06. The van der Waals surface area contributed by atoms with Gasteiger partial charge in [-0.25, -0.2) is 18.4 Å². The SMILES string of the molecule is Cn1ncc2c(N3CCN(C(=O)c4cccc(S(=O)(=O)N5CCCCC5)c4)CC3)ncnc21. The van der Waals surface area contributed by atoms with Crippen molar-refractivity contribution < 1.29 is 13.2 Å². The number of anilines is 1. The van der Waals surface area contributed by atoms with Gasteiger partial charge in [-0.3, -0.25) is 9.48 Å². The van der Waals surface area contributed by atoms with E-state index in [1.807, 2.05) is 7.05 Å². The Morgan fingerprint density at radius 1 is 0.970 bits per heavy atom. The van der Waals surface area contributed by atoms with Crippen molar-refractivity contribution in [3.8, 4) is 0 Å². The van der Waals surface area contributed by atoms with Crippen molar-refractivity contribution in [2.24, 2.45) is 7.05 Å². The van der Waals surface area contributed by atoms with Crippen LogP contribution in [0.25, 0.3) is 11.0 Å². The summed E-state index contributed by atoms with van der Waals surface area (Å²) in [6.45, 7) is 3.36. The van der Waals surface area contributed by atoms with Gasteiger partial charge in [-0.2, -0.15) is 9.40 Å². The Kier molecular flexibility index (Phi) is 5.75. The van der Waals surface area contributed by atoms with Crippen LogP contribution in [0.2, 0.25) is 0 Å². The van der Waals surface area contributed by atoms with Crippen LogP contribution in [0.15, 0.2) is 41.7 Å². The van der Waals surface area contributed by atoms with E-state index < -0.39 is 10.0 Å². The molecule has 1 amide bonds. The lowest BCUT2D eigenvalue weighted by Gasteiger charge is -2.35. The number of nitrogens with zero attached hydrogens (tertiary/aromatic N) is 7. The predicted molar refractivity (Wildman–Crippen MR) is 123 cm³/mol. The second-order valence-electron chi connectivity index (χ2n) is 8.47. The van der Waals surface area contributed by atoms with E-state index in [0.717, 1.165) is 36.1 Å². The number of aromatic nitrogens is 4. The number of benzene rings is 1. The van der Waals surface area contributed by atoms with Crippen molar-refractivity contribution in [2.75, 3.05) is 44.2 Å². The second-order valence-corrected chi connectivity index (χ2v) is 10.4. The van der Waals surface area contributed by atoms with Crippen molar-refractivity contribution >= 4 is 32.8 Å². The number of hydrogen-bond acceptors (Lipinski definition) is 7. The van der Waals surface area contributed by atoms with E-state index in [1.54, 1.807) is 34.0 Å². The van der Waals surface area contributed by atoms with Crippen molar-refractivity contribution in [1.82, 2.24) is 29.0 Å². The highest BCUT2D eigenvalue weighted by molar-refractivity contribution is 7.89. The molecule has 5 rings (SSSR count). The highest BCUT2D eigenvalue weighted by Crippen LogP contribution is 2.25. The molecule has 0 saturated carbocycles. The van der Waals surface area contributed by atoms with E-state index in [4.69, 9.17) is 0 Å². The zero-order valence-electron chi connectivity index (χ0n) is 18.6. The van der Waals surface area contributed by atoms with Gasteiger partial charge in [0.25, 0.3) is 5.91 Å². The smallest absolute Gasteiger partial charge is 0.254 e. The number of rotatable bonds is 4. The molecule has 11 heteroatoms. The summed E-state index contributed by atoms with van der Waals surface area (Å²) in [4.78, 5) is 26.0. The number of piperidine rings is 1.